The SMILES string of the molecule is Cc1ccc(N2C(=O)CS[C@@H]2c2cccc(NC(=O)CCc3ccccc3)c2)cc1. The number of amides is 2. The third kappa shape index (κ3) is 4.74. The van der Waals surface area contributed by atoms with Gasteiger partial charge in [0, 0.05) is 17.8 Å². The Morgan fingerprint density at radius 2 is 1.80 bits per heavy atom. The first-order valence-electron chi connectivity index (χ1n) is 10.0. The molecule has 3 aromatic rings. The molecule has 30 heavy (non-hydrogen) atoms. The minimum Gasteiger partial charge on any atom is -0.326 e. The summed E-state index contributed by atoms with van der Waals surface area (Å²) in [6.45, 7) is 2.03. The fraction of sp³-hybridized carbons (Fsp3) is 0.200. The molecule has 1 aliphatic heterocycles. The van der Waals surface area contributed by atoms with Gasteiger partial charge < -0.3 is 5.32 Å². The van der Waals surface area contributed by atoms with Crippen LogP contribution in [0.1, 0.15) is 28.5 Å². The first-order valence-corrected chi connectivity index (χ1v) is 11.1. The lowest BCUT2D eigenvalue weighted by molar-refractivity contribution is -0.116. The molecule has 3 aromatic carbocycles. The highest BCUT2D eigenvalue weighted by molar-refractivity contribution is 8.00. The maximum Gasteiger partial charge on any atom is 0.238 e. The van der Waals surface area contributed by atoms with Crippen LogP contribution in [0.25, 0.3) is 0 Å². The van der Waals surface area contributed by atoms with Gasteiger partial charge in [0.1, 0.15) is 5.37 Å². The van der Waals surface area contributed by atoms with Crippen molar-refractivity contribution in [2.75, 3.05) is 16.0 Å². The second-order valence-corrected chi connectivity index (χ2v) is 8.49. The Bertz CT molecular complexity index is 1030. The van der Waals surface area contributed by atoms with E-state index >= 15 is 0 Å². The van der Waals surface area contributed by atoms with Gasteiger partial charge in [-0.2, -0.15) is 0 Å². The molecule has 0 saturated carbocycles. The number of nitrogens with one attached hydrogen (secondary N) is 1. The molecule has 152 valence electrons. The summed E-state index contributed by atoms with van der Waals surface area (Å²) in [5.41, 5.74) is 4.98. The van der Waals surface area contributed by atoms with Gasteiger partial charge in [0.15, 0.2) is 0 Å². The number of hydrogen-bond acceptors (Lipinski definition) is 3. The Morgan fingerprint density at radius 1 is 1.03 bits per heavy atom. The van der Waals surface area contributed by atoms with E-state index in [2.05, 4.69) is 5.32 Å². The van der Waals surface area contributed by atoms with Crippen molar-refractivity contribution in [1.29, 1.82) is 0 Å². The van der Waals surface area contributed by atoms with Crippen molar-refractivity contribution in [2.45, 2.75) is 25.1 Å². The molecular formula is C25H24N2O2S. The van der Waals surface area contributed by atoms with Crippen LogP contribution in [0.2, 0.25) is 0 Å². The van der Waals surface area contributed by atoms with Crippen molar-refractivity contribution >= 4 is 35.0 Å². The summed E-state index contributed by atoms with van der Waals surface area (Å²) in [4.78, 5) is 26.8. The van der Waals surface area contributed by atoms with Crippen molar-refractivity contribution in [2.24, 2.45) is 0 Å². The molecule has 0 aliphatic carbocycles. The number of rotatable bonds is 6. The average molecular weight is 417 g/mol. The number of thioether (sulfide) groups is 1. The van der Waals surface area contributed by atoms with Crippen LogP contribution in [0.15, 0.2) is 78.9 Å². The van der Waals surface area contributed by atoms with Crippen molar-refractivity contribution in [1.82, 2.24) is 0 Å². The van der Waals surface area contributed by atoms with Crippen LogP contribution in [0.5, 0.6) is 0 Å². The second kappa shape index (κ2) is 9.18. The van der Waals surface area contributed by atoms with Crippen LogP contribution >= 0.6 is 11.8 Å². The van der Waals surface area contributed by atoms with Gasteiger partial charge in [-0.1, -0.05) is 60.2 Å². The molecule has 1 aliphatic rings. The molecule has 4 rings (SSSR count). The van der Waals surface area contributed by atoms with Crippen molar-refractivity contribution in [3.63, 3.8) is 0 Å². The molecule has 0 bridgehead atoms. The van der Waals surface area contributed by atoms with E-state index in [1.54, 1.807) is 11.8 Å². The number of anilines is 2. The third-order valence-electron chi connectivity index (χ3n) is 5.12. The first kappa shape index (κ1) is 20.2. The van der Waals surface area contributed by atoms with E-state index in [4.69, 9.17) is 0 Å². The number of carbonyl (C=O) groups excluding carboxylic acids is 2. The minimum atomic E-state index is -0.0959. The molecule has 0 aromatic heterocycles. The minimum absolute atomic E-state index is 0.0125. The molecular weight excluding hydrogens is 392 g/mol. The highest BCUT2D eigenvalue weighted by atomic mass is 32.2. The maximum absolute atomic E-state index is 12.6. The van der Waals surface area contributed by atoms with E-state index in [9.17, 15) is 9.59 Å². The van der Waals surface area contributed by atoms with E-state index in [-0.39, 0.29) is 17.2 Å². The zero-order valence-electron chi connectivity index (χ0n) is 16.9. The molecule has 0 spiro atoms. The molecule has 1 fully saturated rings. The lowest BCUT2D eigenvalue weighted by atomic mass is 10.1. The van der Waals surface area contributed by atoms with E-state index < -0.39 is 0 Å². The smallest absolute Gasteiger partial charge is 0.238 e. The Morgan fingerprint density at radius 3 is 2.57 bits per heavy atom. The van der Waals surface area contributed by atoms with Crippen LogP contribution in [-0.4, -0.2) is 17.6 Å². The van der Waals surface area contributed by atoms with E-state index in [1.165, 1.54) is 0 Å². The molecule has 0 radical (unpaired) electrons. The van der Waals surface area contributed by atoms with Crippen molar-refractivity contribution in [3.05, 3.63) is 95.6 Å². The standard InChI is InChI=1S/C25H24N2O2S/c1-18-10-13-22(14-11-18)27-24(29)17-30-25(27)20-8-5-9-21(16-20)26-23(28)15-12-19-6-3-2-4-7-19/h2-11,13-14,16,25H,12,15,17H2,1H3,(H,26,28)/t25-/m1/s1. The fourth-order valence-corrected chi connectivity index (χ4v) is 4.72. The van der Waals surface area contributed by atoms with Gasteiger partial charge in [0.05, 0.1) is 5.75 Å². The van der Waals surface area contributed by atoms with E-state index in [0.717, 1.165) is 28.1 Å². The Kier molecular flexibility index (Phi) is 6.19. The summed E-state index contributed by atoms with van der Waals surface area (Å²) in [6, 6.07) is 25.8. The Balaban J connectivity index is 1.46. The molecule has 4 nitrogen and oxygen atoms in total. The van der Waals surface area contributed by atoms with E-state index in [1.807, 2.05) is 90.7 Å². The van der Waals surface area contributed by atoms with Crippen LogP contribution < -0.4 is 10.2 Å². The van der Waals surface area contributed by atoms with Crippen molar-refractivity contribution < 1.29 is 9.59 Å². The van der Waals surface area contributed by atoms with Gasteiger partial charge in [-0.05, 0) is 48.7 Å². The topological polar surface area (TPSA) is 49.4 Å². The van der Waals surface area contributed by atoms with Crippen LogP contribution in [0.3, 0.4) is 0 Å². The highest BCUT2D eigenvalue weighted by Gasteiger charge is 2.34. The molecule has 0 unspecified atom stereocenters. The second-order valence-electron chi connectivity index (χ2n) is 7.42. The number of aryl methyl sites for hydroxylation is 2. The summed E-state index contributed by atoms with van der Waals surface area (Å²) in [5.74, 6) is 0.541. The number of benzene rings is 3. The first-order chi connectivity index (χ1) is 14.6. The largest absolute Gasteiger partial charge is 0.326 e. The van der Waals surface area contributed by atoms with Gasteiger partial charge in [-0.25, -0.2) is 0 Å². The molecule has 1 saturated heterocycles. The number of carbonyl (C=O) groups is 2. The van der Waals surface area contributed by atoms with Crippen molar-refractivity contribution in [3.8, 4) is 0 Å². The summed E-state index contributed by atoms with van der Waals surface area (Å²) in [7, 11) is 0. The van der Waals surface area contributed by atoms with Crippen LogP contribution in [0.4, 0.5) is 11.4 Å². The maximum atomic E-state index is 12.6. The normalized spacial score (nSPS) is 16.0. The lowest BCUT2D eigenvalue weighted by Crippen LogP contribution is -2.27. The van der Waals surface area contributed by atoms with Crippen LogP contribution in [0, 0.1) is 6.92 Å². The number of hydrogen-bond donors (Lipinski definition) is 1. The molecule has 2 amide bonds. The molecule has 1 N–H and O–H groups in total. The van der Waals surface area contributed by atoms with Crippen LogP contribution in [-0.2, 0) is 16.0 Å². The Hall–Kier alpha value is -3.05. The zero-order valence-corrected chi connectivity index (χ0v) is 17.7. The summed E-state index contributed by atoms with van der Waals surface area (Å²) < 4.78 is 0. The average Bonchev–Trinajstić information content (AvgIpc) is 3.15. The predicted octanol–water partition coefficient (Wildman–Crippen LogP) is 5.34. The quantitative estimate of drug-likeness (QED) is 0.590. The molecule has 1 heterocycles. The van der Waals surface area contributed by atoms with Gasteiger partial charge in [-0.3, -0.25) is 14.5 Å². The van der Waals surface area contributed by atoms with E-state index in [0.29, 0.717) is 18.6 Å². The van der Waals surface area contributed by atoms with Gasteiger partial charge in [0.2, 0.25) is 11.8 Å². The predicted molar refractivity (Wildman–Crippen MR) is 124 cm³/mol. The summed E-state index contributed by atoms with van der Waals surface area (Å²) in [6.07, 6.45) is 1.14. The highest BCUT2D eigenvalue weighted by Crippen LogP contribution is 2.42. The summed E-state index contributed by atoms with van der Waals surface area (Å²) in [5, 5.41) is 2.90. The molecule has 5 heteroatoms. The zero-order chi connectivity index (χ0) is 20.9. The summed E-state index contributed by atoms with van der Waals surface area (Å²) >= 11 is 1.61. The van der Waals surface area contributed by atoms with Gasteiger partial charge in [0.25, 0.3) is 0 Å². The Labute approximate surface area is 181 Å². The number of nitrogens with zero attached hydrogens (tertiary/aromatic N) is 1. The molecule has 1 atom stereocenters. The fourth-order valence-electron chi connectivity index (χ4n) is 3.55. The van der Waals surface area contributed by atoms with Gasteiger partial charge >= 0.3 is 0 Å². The lowest BCUT2D eigenvalue weighted by Gasteiger charge is -2.25. The van der Waals surface area contributed by atoms with Gasteiger partial charge in [-0.15, -0.1) is 11.8 Å². The monoisotopic (exact) mass is 416 g/mol. The third-order valence-corrected chi connectivity index (χ3v) is 6.33.